The molecule has 19 heavy (non-hydrogen) atoms. The summed E-state index contributed by atoms with van der Waals surface area (Å²) in [5.74, 6) is -0.895. The van der Waals surface area contributed by atoms with Crippen LogP contribution in [0.15, 0.2) is 18.2 Å². The molecular formula is C14H19NO4. The lowest BCUT2D eigenvalue weighted by molar-refractivity contribution is -0.142. The van der Waals surface area contributed by atoms with Crippen LogP contribution in [0.1, 0.15) is 25.0 Å². The number of carboxylic acid groups (broad SMARTS) is 1. The van der Waals surface area contributed by atoms with E-state index >= 15 is 0 Å². The molecule has 0 aromatic heterocycles. The SMILES string of the molecule is Cc1ccc(C)c(O[C@@H](C)C(=O)N[C@@H](C)C(=O)O)c1. The Morgan fingerprint density at radius 1 is 1.26 bits per heavy atom. The molecule has 104 valence electrons. The summed E-state index contributed by atoms with van der Waals surface area (Å²) < 4.78 is 5.56. The third-order valence-electron chi connectivity index (χ3n) is 2.75. The number of carbonyl (C=O) groups is 2. The Kier molecular flexibility index (Phi) is 4.92. The molecule has 0 aliphatic rings. The zero-order chi connectivity index (χ0) is 14.6. The van der Waals surface area contributed by atoms with Crippen LogP contribution in [0.4, 0.5) is 0 Å². The highest BCUT2D eigenvalue weighted by atomic mass is 16.5. The number of carbonyl (C=O) groups excluding carboxylic acids is 1. The smallest absolute Gasteiger partial charge is 0.325 e. The minimum Gasteiger partial charge on any atom is -0.481 e. The normalized spacial score (nSPS) is 13.5. The first-order valence-electron chi connectivity index (χ1n) is 6.08. The monoisotopic (exact) mass is 265 g/mol. The van der Waals surface area contributed by atoms with Gasteiger partial charge in [-0.3, -0.25) is 9.59 Å². The number of nitrogens with one attached hydrogen (secondary N) is 1. The lowest BCUT2D eigenvalue weighted by Crippen LogP contribution is -2.44. The van der Waals surface area contributed by atoms with Gasteiger partial charge in [0.15, 0.2) is 6.10 Å². The molecular weight excluding hydrogens is 246 g/mol. The molecule has 0 spiro atoms. The van der Waals surface area contributed by atoms with Gasteiger partial charge in [-0.1, -0.05) is 12.1 Å². The second-order valence-electron chi connectivity index (χ2n) is 4.60. The topological polar surface area (TPSA) is 75.6 Å². The average molecular weight is 265 g/mol. The Morgan fingerprint density at radius 2 is 1.89 bits per heavy atom. The van der Waals surface area contributed by atoms with E-state index in [9.17, 15) is 9.59 Å². The lowest BCUT2D eigenvalue weighted by atomic mass is 10.1. The molecule has 5 heteroatoms. The zero-order valence-electron chi connectivity index (χ0n) is 11.6. The Balaban J connectivity index is 2.68. The van der Waals surface area contributed by atoms with E-state index in [0.717, 1.165) is 11.1 Å². The fraction of sp³-hybridized carbons (Fsp3) is 0.429. The lowest BCUT2D eigenvalue weighted by Gasteiger charge is -2.18. The Bertz CT molecular complexity index is 484. The molecule has 1 amide bonds. The predicted molar refractivity (Wildman–Crippen MR) is 71.2 cm³/mol. The first-order chi connectivity index (χ1) is 8.81. The van der Waals surface area contributed by atoms with Crippen molar-refractivity contribution in [2.75, 3.05) is 0 Å². The number of rotatable bonds is 5. The van der Waals surface area contributed by atoms with E-state index < -0.39 is 24.0 Å². The number of ether oxygens (including phenoxy) is 1. The van der Waals surface area contributed by atoms with Gasteiger partial charge < -0.3 is 15.2 Å². The highest BCUT2D eigenvalue weighted by molar-refractivity contribution is 5.86. The molecule has 0 saturated heterocycles. The van der Waals surface area contributed by atoms with Gasteiger partial charge in [0.1, 0.15) is 11.8 Å². The molecule has 1 aromatic carbocycles. The summed E-state index contributed by atoms with van der Waals surface area (Å²) in [6.07, 6.45) is -0.748. The van der Waals surface area contributed by atoms with Crippen molar-refractivity contribution in [3.05, 3.63) is 29.3 Å². The Morgan fingerprint density at radius 3 is 2.47 bits per heavy atom. The van der Waals surface area contributed by atoms with Crippen molar-refractivity contribution >= 4 is 11.9 Å². The van der Waals surface area contributed by atoms with E-state index in [1.807, 2.05) is 32.0 Å². The highest BCUT2D eigenvalue weighted by Crippen LogP contribution is 2.20. The maximum atomic E-state index is 11.8. The van der Waals surface area contributed by atoms with Gasteiger partial charge >= 0.3 is 5.97 Å². The minimum absolute atomic E-state index is 0.448. The maximum absolute atomic E-state index is 11.8. The fourth-order valence-electron chi connectivity index (χ4n) is 1.47. The Hall–Kier alpha value is -2.04. The van der Waals surface area contributed by atoms with Crippen molar-refractivity contribution in [2.24, 2.45) is 0 Å². The van der Waals surface area contributed by atoms with Gasteiger partial charge in [-0.15, -0.1) is 0 Å². The molecule has 0 fully saturated rings. The standard InChI is InChI=1S/C14H19NO4/c1-8-5-6-9(2)12(7-8)19-11(4)13(16)15-10(3)14(17)18/h5-7,10-11H,1-4H3,(H,15,16)(H,17,18)/t10-,11-/m0/s1. The fourth-order valence-corrected chi connectivity index (χ4v) is 1.47. The molecule has 1 aromatic rings. The van der Waals surface area contributed by atoms with E-state index in [1.54, 1.807) is 6.92 Å². The molecule has 0 aliphatic heterocycles. The van der Waals surface area contributed by atoms with Crippen LogP contribution in [0.2, 0.25) is 0 Å². The largest absolute Gasteiger partial charge is 0.481 e. The molecule has 2 atom stereocenters. The number of aliphatic carboxylic acids is 1. The summed E-state index contributed by atoms with van der Waals surface area (Å²) in [5.41, 5.74) is 1.96. The first kappa shape index (κ1) is 15.0. The van der Waals surface area contributed by atoms with Crippen molar-refractivity contribution in [3.8, 4) is 5.75 Å². The van der Waals surface area contributed by atoms with Gasteiger partial charge in [0, 0.05) is 0 Å². The molecule has 0 unspecified atom stereocenters. The molecule has 5 nitrogen and oxygen atoms in total. The van der Waals surface area contributed by atoms with Gasteiger partial charge in [-0.05, 0) is 44.9 Å². The summed E-state index contributed by atoms with van der Waals surface area (Å²) in [4.78, 5) is 22.4. The van der Waals surface area contributed by atoms with Crippen molar-refractivity contribution in [3.63, 3.8) is 0 Å². The predicted octanol–water partition coefficient (Wildman–Crippen LogP) is 1.66. The Labute approximate surface area is 112 Å². The third-order valence-corrected chi connectivity index (χ3v) is 2.75. The molecule has 1 rings (SSSR count). The quantitative estimate of drug-likeness (QED) is 0.849. The molecule has 2 N–H and O–H groups in total. The number of hydrogen-bond donors (Lipinski definition) is 2. The van der Waals surface area contributed by atoms with Crippen molar-refractivity contribution < 1.29 is 19.4 Å². The van der Waals surface area contributed by atoms with Gasteiger partial charge in [-0.25, -0.2) is 0 Å². The van der Waals surface area contributed by atoms with Crippen LogP contribution in [0.3, 0.4) is 0 Å². The molecule has 0 heterocycles. The number of benzene rings is 1. The van der Waals surface area contributed by atoms with Crippen molar-refractivity contribution in [2.45, 2.75) is 39.8 Å². The van der Waals surface area contributed by atoms with Gasteiger partial charge in [0.2, 0.25) is 0 Å². The van der Waals surface area contributed by atoms with Gasteiger partial charge in [-0.2, -0.15) is 0 Å². The van der Waals surface area contributed by atoms with E-state index in [-0.39, 0.29) is 0 Å². The number of aryl methyl sites for hydroxylation is 2. The number of amides is 1. The number of hydrogen-bond acceptors (Lipinski definition) is 3. The van der Waals surface area contributed by atoms with E-state index in [4.69, 9.17) is 9.84 Å². The zero-order valence-corrected chi connectivity index (χ0v) is 11.6. The minimum atomic E-state index is -1.08. The molecule has 0 saturated carbocycles. The van der Waals surface area contributed by atoms with E-state index in [1.165, 1.54) is 6.92 Å². The number of carboxylic acids is 1. The molecule has 0 bridgehead atoms. The summed E-state index contributed by atoms with van der Waals surface area (Å²) in [6.45, 7) is 6.82. The second-order valence-corrected chi connectivity index (χ2v) is 4.60. The summed E-state index contributed by atoms with van der Waals surface area (Å²) in [5, 5.41) is 11.1. The van der Waals surface area contributed by atoms with Crippen LogP contribution in [0, 0.1) is 13.8 Å². The summed E-state index contributed by atoms with van der Waals surface area (Å²) in [6, 6.07) is 4.78. The van der Waals surface area contributed by atoms with Crippen molar-refractivity contribution in [1.82, 2.24) is 5.32 Å². The maximum Gasteiger partial charge on any atom is 0.325 e. The van der Waals surface area contributed by atoms with Gasteiger partial charge in [0.05, 0.1) is 0 Å². The van der Waals surface area contributed by atoms with Gasteiger partial charge in [0.25, 0.3) is 5.91 Å². The van der Waals surface area contributed by atoms with E-state index in [0.29, 0.717) is 5.75 Å². The molecule has 0 aliphatic carbocycles. The summed E-state index contributed by atoms with van der Waals surface area (Å²) >= 11 is 0. The van der Waals surface area contributed by atoms with Crippen LogP contribution in [0.5, 0.6) is 5.75 Å². The van der Waals surface area contributed by atoms with Crippen LogP contribution in [0.25, 0.3) is 0 Å². The van der Waals surface area contributed by atoms with Crippen LogP contribution in [-0.4, -0.2) is 29.1 Å². The van der Waals surface area contributed by atoms with Crippen LogP contribution in [-0.2, 0) is 9.59 Å². The van der Waals surface area contributed by atoms with Crippen LogP contribution < -0.4 is 10.1 Å². The third kappa shape index (κ3) is 4.28. The highest BCUT2D eigenvalue weighted by Gasteiger charge is 2.20. The van der Waals surface area contributed by atoms with Crippen LogP contribution >= 0.6 is 0 Å². The molecule has 0 radical (unpaired) electrons. The second kappa shape index (κ2) is 6.22. The first-order valence-corrected chi connectivity index (χ1v) is 6.08. The van der Waals surface area contributed by atoms with Crippen molar-refractivity contribution in [1.29, 1.82) is 0 Å². The van der Waals surface area contributed by atoms with E-state index in [2.05, 4.69) is 5.32 Å². The average Bonchev–Trinajstić information content (AvgIpc) is 2.33. The summed E-state index contributed by atoms with van der Waals surface area (Å²) in [7, 11) is 0.